The summed E-state index contributed by atoms with van der Waals surface area (Å²) in [6.07, 6.45) is 0. The third-order valence-electron chi connectivity index (χ3n) is 4.02. The Labute approximate surface area is 167 Å². The van der Waals surface area contributed by atoms with Crippen molar-refractivity contribution in [3.05, 3.63) is 79.8 Å². The molecule has 0 unspecified atom stereocenters. The third-order valence-corrected chi connectivity index (χ3v) is 4.51. The zero-order valence-corrected chi connectivity index (χ0v) is 15.9. The van der Waals surface area contributed by atoms with Gasteiger partial charge < -0.3 is 15.5 Å². The van der Waals surface area contributed by atoms with E-state index in [2.05, 4.69) is 20.9 Å². The second-order valence-corrected chi connectivity index (χ2v) is 6.68. The molecule has 1 aromatic heterocycles. The molecular weight excluding hydrogens is 427 g/mol. The van der Waals surface area contributed by atoms with E-state index in [1.807, 2.05) is 12.1 Å². The zero-order chi connectivity index (χ0) is 20.3. The van der Waals surface area contributed by atoms with Crippen LogP contribution in [0.4, 0.5) is 10.2 Å². The molecule has 0 radical (unpaired) electrons. The van der Waals surface area contributed by atoms with Crippen LogP contribution in [0.1, 0.15) is 16.7 Å². The summed E-state index contributed by atoms with van der Waals surface area (Å²) in [7, 11) is 0. The third kappa shape index (κ3) is 3.73. The monoisotopic (exact) mass is 438 g/mol. The number of benzene rings is 2. The molecule has 2 aromatic carbocycles. The van der Waals surface area contributed by atoms with E-state index in [4.69, 9.17) is 10.5 Å². The van der Waals surface area contributed by atoms with Gasteiger partial charge in [0.15, 0.2) is 0 Å². The number of nitrogens with zero attached hydrogens (tertiary/aromatic N) is 2. The molecule has 1 heterocycles. The predicted molar refractivity (Wildman–Crippen MR) is 105 cm³/mol. The first-order valence-corrected chi connectivity index (χ1v) is 8.77. The van der Waals surface area contributed by atoms with Gasteiger partial charge in [-0.2, -0.15) is 10.5 Å². The van der Waals surface area contributed by atoms with Crippen molar-refractivity contribution >= 4 is 21.7 Å². The number of aromatic amines is 1. The Bertz CT molecular complexity index is 1190. The molecule has 0 amide bonds. The highest BCUT2D eigenvalue weighted by Crippen LogP contribution is 2.29. The molecule has 3 aromatic rings. The van der Waals surface area contributed by atoms with Crippen LogP contribution in [0.25, 0.3) is 11.1 Å². The lowest BCUT2D eigenvalue weighted by molar-refractivity contribution is 0.300. The van der Waals surface area contributed by atoms with Gasteiger partial charge >= 0.3 is 0 Å². The quantitative estimate of drug-likeness (QED) is 0.641. The number of ether oxygens (including phenoxy) is 1. The summed E-state index contributed by atoms with van der Waals surface area (Å²) in [6, 6.07) is 14.8. The van der Waals surface area contributed by atoms with Gasteiger partial charge in [-0.1, -0.05) is 34.1 Å². The van der Waals surface area contributed by atoms with Crippen molar-refractivity contribution in [3.8, 4) is 29.0 Å². The SMILES string of the molecule is N#Cc1c(N)[nH]c(=O)c(C#N)c1-c1ccc(OCc2ccc(Br)cc2F)cc1. The van der Waals surface area contributed by atoms with E-state index in [0.29, 0.717) is 21.3 Å². The van der Waals surface area contributed by atoms with Crippen LogP contribution < -0.4 is 16.0 Å². The van der Waals surface area contributed by atoms with Crippen LogP contribution in [0, 0.1) is 28.5 Å². The minimum absolute atomic E-state index is 0.0155. The van der Waals surface area contributed by atoms with Crippen LogP contribution >= 0.6 is 15.9 Å². The van der Waals surface area contributed by atoms with Gasteiger partial charge in [0.1, 0.15) is 47.3 Å². The van der Waals surface area contributed by atoms with Crippen molar-refractivity contribution < 1.29 is 9.13 Å². The first-order chi connectivity index (χ1) is 13.4. The maximum atomic E-state index is 13.9. The van der Waals surface area contributed by atoms with E-state index in [9.17, 15) is 19.7 Å². The van der Waals surface area contributed by atoms with Gasteiger partial charge in [-0.15, -0.1) is 0 Å². The second-order valence-electron chi connectivity index (χ2n) is 5.77. The number of H-pyrrole nitrogens is 1. The van der Waals surface area contributed by atoms with Crippen molar-refractivity contribution in [3.63, 3.8) is 0 Å². The lowest BCUT2D eigenvalue weighted by atomic mass is 9.96. The van der Waals surface area contributed by atoms with Gasteiger partial charge in [0.05, 0.1) is 0 Å². The number of nitrogen functional groups attached to an aromatic ring is 1. The molecule has 3 N–H and O–H groups in total. The van der Waals surface area contributed by atoms with Crippen LogP contribution in [0.3, 0.4) is 0 Å². The largest absolute Gasteiger partial charge is 0.489 e. The van der Waals surface area contributed by atoms with Crippen molar-refractivity contribution in [2.75, 3.05) is 5.73 Å². The Hall–Kier alpha value is -3.62. The van der Waals surface area contributed by atoms with Crippen molar-refractivity contribution in [1.29, 1.82) is 10.5 Å². The van der Waals surface area contributed by atoms with Gasteiger partial charge in [-0.3, -0.25) is 4.79 Å². The Kier molecular flexibility index (Phi) is 5.44. The number of nitrogens with one attached hydrogen (secondary N) is 1. The Morgan fingerprint density at radius 2 is 1.79 bits per heavy atom. The number of halogens is 2. The number of nitriles is 2. The fourth-order valence-corrected chi connectivity index (χ4v) is 2.98. The maximum absolute atomic E-state index is 13.9. The molecule has 0 spiro atoms. The first-order valence-electron chi connectivity index (χ1n) is 7.97. The summed E-state index contributed by atoms with van der Waals surface area (Å²) >= 11 is 3.20. The van der Waals surface area contributed by atoms with Gasteiger partial charge in [-0.05, 0) is 29.8 Å². The number of pyridine rings is 1. The fraction of sp³-hybridized carbons (Fsp3) is 0.0500. The fourth-order valence-electron chi connectivity index (χ4n) is 2.65. The highest BCUT2D eigenvalue weighted by Gasteiger charge is 2.18. The minimum Gasteiger partial charge on any atom is -0.489 e. The zero-order valence-electron chi connectivity index (χ0n) is 14.3. The molecule has 138 valence electrons. The van der Waals surface area contributed by atoms with Gasteiger partial charge in [0.25, 0.3) is 5.56 Å². The Balaban J connectivity index is 1.91. The van der Waals surface area contributed by atoms with Crippen LogP contribution in [0.5, 0.6) is 5.75 Å². The summed E-state index contributed by atoms with van der Waals surface area (Å²) in [5, 5.41) is 18.7. The van der Waals surface area contributed by atoms with E-state index >= 15 is 0 Å². The number of nitrogens with two attached hydrogens (primary N) is 1. The van der Waals surface area contributed by atoms with Crippen molar-refractivity contribution in [2.45, 2.75) is 6.61 Å². The highest BCUT2D eigenvalue weighted by molar-refractivity contribution is 9.10. The molecule has 3 rings (SSSR count). The summed E-state index contributed by atoms with van der Waals surface area (Å²) < 4.78 is 20.1. The molecule has 0 aliphatic heterocycles. The number of rotatable bonds is 4. The van der Waals surface area contributed by atoms with Crippen LogP contribution in [0.15, 0.2) is 51.7 Å². The molecule has 0 fully saturated rings. The summed E-state index contributed by atoms with van der Waals surface area (Å²) in [4.78, 5) is 14.3. The van der Waals surface area contributed by atoms with Gasteiger partial charge in [0, 0.05) is 15.6 Å². The molecule has 0 atom stereocenters. The van der Waals surface area contributed by atoms with E-state index < -0.39 is 5.56 Å². The van der Waals surface area contributed by atoms with E-state index in [-0.39, 0.29) is 34.9 Å². The smallest absolute Gasteiger partial charge is 0.268 e. The standard InChI is InChI=1S/C20H12BrFN4O2/c21-13-4-1-12(17(22)7-13)10-28-14-5-2-11(3-6-14)18-15(8-23)19(25)26-20(27)16(18)9-24/h1-7H,10H2,(H3,25,26,27). The summed E-state index contributed by atoms with van der Waals surface area (Å²) in [5.74, 6) is -0.0317. The number of hydrogen-bond donors (Lipinski definition) is 2. The molecule has 0 saturated heterocycles. The molecule has 8 heteroatoms. The van der Waals surface area contributed by atoms with E-state index in [0.717, 1.165) is 0 Å². The van der Waals surface area contributed by atoms with E-state index in [1.165, 1.54) is 6.07 Å². The topological polar surface area (TPSA) is 116 Å². The van der Waals surface area contributed by atoms with Crippen molar-refractivity contribution in [1.82, 2.24) is 4.98 Å². The number of hydrogen-bond acceptors (Lipinski definition) is 5. The summed E-state index contributed by atoms with van der Waals surface area (Å²) in [6.45, 7) is 0.0311. The van der Waals surface area contributed by atoms with E-state index in [1.54, 1.807) is 36.4 Å². The van der Waals surface area contributed by atoms with Gasteiger partial charge in [-0.25, -0.2) is 4.39 Å². The van der Waals surface area contributed by atoms with Crippen LogP contribution in [-0.4, -0.2) is 4.98 Å². The Morgan fingerprint density at radius 3 is 2.39 bits per heavy atom. The highest BCUT2D eigenvalue weighted by atomic mass is 79.9. The molecule has 0 aliphatic carbocycles. The molecular formula is C20H12BrFN4O2. The maximum Gasteiger partial charge on any atom is 0.268 e. The second kappa shape index (κ2) is 7.95. The molecule has 6 nitrogen and oxygen atoms in total. The van der Waals surface area contributed by atoms with Crippen molar-refractivity contribution in [2.24, 2.45) is 0 Å². The molecule has 0 saturated carbocycles. The predicted octanol–water partition coefficient (Wildman–Crippen LogP) is 3.85. The number of anilines is 1. The average molecular weight is 439 g/mol. The number of aromatic nitrogens is 1. The molecule has 28 heavy (non-hydrogen) atoms. The van der Waals surface area contributed by atoms with Crippen LogP contribution in [0.2, 0.25) is 0 Å². The minimum atomic E-state index is -0.667. The molecule has 0 aliphatic rings. The molecule has 0 bridgehead atoms. The van der Waals surface area contributed by atoms with Gasteiger partial charge in [0.2, 0.25) is 0 Å². The first kappa shape index (κ1) is 19.2. The lowest BCUT2D eigenvalue weighted by Gasteiger charge is -2.11. The van der Waals surface area contributed by atoms with Crippen LogP contribution in [-0.2, 0) is 6.61 Å². The summed E-state index contributed by atoms with van der Waals surface area (Å²) in [5.41, 5.74) is 5.89. The average Bonchev–Trinajstić information content (AvgIpc) is 2.67. The Morgan fingerprint density at radius 1 is 1.11 bits per heavy atom. The normalized spacial score (nSPS) is 10.1. The lowest BCUT2D eigenvalue weighted by Crippen LogP contribution is -2.16.